The molecule has 0 aliphatic carbocycles. The number of rotatable bonds is 6. The van der Waals surface area contributed by atoms with Gasteiger partial charge in [-0.05, 0) is 18.4 Å². The zero-order valence-electron chi connectivity index (χ0n) is 12.9. The van der Waals surface area contributed by atoms with Crippen molar-refractivity contribution in [2.45, 2.75) is 26.3 Å². The fourth-order valence-corrected chi connectivity index (χ4v) is 3.99. The molecule has 2 aromatic rings. The molecule has 2 rings (SSSR count). The van der Waals surface area contributed by atoms with Gasteiger partial charge in [0.05, 0.1) is 9.58 Å². The van der Waals surface area contributed by atoms with Crippen LogP contribution < -0.4 is 10.2 Å². The van der Waals surface area contributed by atoms with Crippen LogP contribution in [0.3, 0.4) is 0 Å². The lowest BCUT2D eigenvalue weighted by atomic mass is 10.0. The van der Waals surface area contributed by atoms with E-state index < -0.39 is 12.0 Å². The maximum Gasteiger partial charge on any atom is 0.326 e. The number of thiazole rings is 1. The topological polar surface area (TPSA) is 82.5 Å². The standard InChI is InChI=1S/C14H19N3O3S2/c1-7(2)5-8(13(19)20)15-11(18)9-6-10-12(21-9)16-14(22-10)17(3)4/h6-8H,5H2,1-4H3,(H,15,18)(H,19,20)/t8-/m0/s1. The molecule has 0 fully saturated rings. The number of amides is 1. The van der Waals surface area contributed by atoms with Gasteiger partial charge < -0.3 is 15.3 Å². The van der Waals surface area contributed by atoms with Gasteiger partial charge in [0.1, 0.15) is 10.9 Å². The second kappa shape index (κ2) is 6.62. The highest BCUT2D eigenvalue weighted by molar-refractivity contribution is 7.29. The van der Waals surface area contributed by atoms with Crippen LogP contribution in [0.15, 0.2) is 6.07 Å². The Kier molecular flexibility index (Phi) is 5.02. The van der Waals surface area contributed by atoms with Crippen molar-refractivity contribution in [3.63, 3.8) is 0 Å². The number of thiophene rings is 1. The van der Waals surface area contributed by atoms with Gasteiger partial charge in [-0.25, -0.2) is 9.78 Å². The molecule has 0 radical (unpaired) electrons. The fourth-order valence-electron chi connectivity index (χ4n) is 1.95. The molecule has 0 bridgehead atoms. The molecule has 0 saturated carbocycles. The van der Waals surface area contributed by atoms with E-state index in [1.165, 1.54) is 22.7 Å². The molecule has 0 aliphatic rings. The summed E-state index contributed by atoms with van der Waals surface area (Å²) in [5.74, 6) is -1.17. The van der Waals surface area contributed by atoms with Crippen molar-refractivity contribution in [3.8, 4) is 0 Å². The minimum Gasteiger partial charge on any atom is -0.480 e. The highest BCUT2D eigenvalue weighted by Crippen LogP contribution is 2.33. The third-order valence-corrected chi connectivity index (χ3v) is 5.32. The summed E-state index contributed by atoms with van der Waals surface area (Å²) in [7, 11) is 3.83. The number of carbonyl (C=O) groups is 2. The van der Waals surface area contributed by atoms with Crippen molar-refractivity contribution in [1.82, 2.24) is 10.3 Å². The Morgan fingerprint density at radius 3 is 2.55 bits per heavy atom. The zero-order valence-corrected chi connectivity index (χ0v) is 14.5. The average molecular weight is 341 g/mol. The second-order valence-corrected chi connectivity index (χ2v) is 7.70. The van der Waals surface area contributed by atoms with Crippen LogP contribution in [0.5, 0.6) is 0 Å². The SMILES string of the molecule is CC(C)C[C@H](NC(=O)c1cc2sc(N(C)C)nc2s1)C(=O)O. The molecule has 0 aliphatic heterocycles. The first-order valence-corrected chi connectivity index (χ1v) is 8.52. The summed E-state index contributed by atoms with van der Waals surface area (Å²) in [6.07, 6.45) is 0.407. The number of fused-ring (bicyclic) bond motifs is 1. The summed E-state index contributed by atoms with van der Waals surface area (Å²) >= 11 is 2.79. The first kappa shape index (κ1) is 16.7. The number of aromatic nitrogens is 1. The molecular formula is C14H19N3O3S2. The van der Waals surface area contributed by atoms with Crippen LogP contribution in [0.1, 0.15) is 29.9 Å². The van der Waals surface area contributed by atoms with Gasteiger partial charge in [0.15, 0.2) is 5.13 Å². The third kappa shape index (κ3) is 3.75. The minimum absolute atomic E-state index is 0.192. The number of carboxylic acids is 1. The molecule has 2 heterocycles. The van der Waals surface area contributed by atoms with Gasteiger partial charge in [0.2, 0.25) is 0 Å². The van der Waals surface area contributed by atoms with Gasteiger partial charge >= 0.3 is 5.97 Å². The Labute approximate surface area is 136 Å². The van der Waals surface area contributed by atoms with E-state index in [9.17, 15) is 14.7 Å². The number of carboxylic acid groups (broad SMARTS) is 1. The molecule has 2 aromatic heterocycles. The van der Waals surface area contributed by atoms with Crippen molar-refractivity contribution < 1.29 is 14.7 Å². The Bertz CT molecular complexity index is 659. The molecule has 1 atom stereocenters. The largest absolute Gasteiger partial charge is 0.480 e. The molecule has 8 heteroatoms. The fraction of sp³-hybridized carbons (Fsp3) is 0.500. The predicted octanol–water partition coefficient (Wildman–Crippen LogP) is 2.65. The van der Waals surface area contributed by atoms with E-state index in [2.05, 4.69) is 10.3 Å². The normalized spacial score (nSPS) is 12.6. The molecule has 6 nitrogen and oxygen atoms in total. The lowest BCUT2D eigenvalue weighted by Crippen LogP contribution is -2.41. The van der Waals surface area contributed by atoms with E-state index in [0.717, 1.165) is 14.7 Å². The Morgan fingerprint density at radius 1 is 1.36 bits per heavy atom. The number of hydrogen-bond acceptors (Lipinski definition) is 6. The molecule has 0 spiro atoms. The highest BCUT2D eigenvalue weighted by atomic mass is 32.1. The summed E-state index contributed by atoms with van der Waals surface area (Å²) < 4.78 is 0.939. The van der Waals surface area contributed by atoms with Crippen LogP contribution in [-0.2, 0) is 4.79 Å². The summed E-state index contributed by atoms with van der Waals surface area (Å²) in [6.45, 7) is 3.85. The number of nitrogens with one attached hydrogen (secondary N) is 1. The Morgan fingerprint density at radius 2 is 2.05 bits per heavy atom. The van der Waals surface area contributed by atoms with Crippen molar-refractivity contribution in [3.05, 3.63) is 10.9 Å². The molecule has 2 N–H and O–H groups in total. The van der Waals surface area contributed by atoms with E-state index in [-0.39, 0.29) is 11.8 Å². The van der Waals surface area contributed by atoms with Crippen LogP contribution >= 0.6 is 22.7 Å². The van der Waals surface area contributed by atoms with Crippen LogP contribution in [0.2, 0.25) is 0 Å². The molecular weight excluding hydrogens is 322 g/mol. The van der Waals surface area contributed by atoms with Gasteiger partial charge in [-0.15, -0.1) is 11.3 Å². The van der Waals surface area contributed by atoms with Crippen molar-refractivity contribution in [2.75, 3.05) is 19.0 Å². The van der Waals surface area contributed by atoms with Crippen LogP contribution in [0.4, 0.5) is 5.13 Å². The lowest BCUT2D eigenvalue weighted by molar-refractivity contribution is -0.139. The lowest BCUT2D eigenvalue weighted by Gasteiger charge is -2.15. The third-order valence-electron chi connectivity index (χ3n) is 2.99. The maximum absolute atomic E-state index is 12.2. The second-order valence-electron chi connectivity index (χ2n) is 5.66. The molecule has 1 amide bonds. The average Bonchev–Trinajstić information content (AvgIpc) is 2.94. The van der Waals surface area contributed by atoms with E-state index in [1.807, 2.05) is 32.8 Å². The number of aliphatic carboxylic acids is 1. The highest BCUT2D eigenvalue weighted by Gasteiger charge is 2.23. The maximum atomic E-state index is 12.2. The van der Waals surface area contributed by atoms with Gasteiger partial charge in [0.25, 0.3) is 5.91 Å². The van der Waals surface area contributed by atoms with Crippen molar-refractivity contribution in [1.29, 1.82) is 0 Å². The first-order valence-electron chi connectivity index (χ1n) is 6.89. The smallest absolute Gasteiger partial charge is 0.326 e. The van der Waals surface area contributed by atoms with E-state index in [1.54, 1.807) is 6.07 Å². The van der Waals surface area contributed by atoms with Crippen LogP contribution in [-0.4, -0.2) is 42.1 Å². The van der Waals surface area contributed by atoms with E-state index >= 15 is 0 Å². The van der Waals surface area contributed by atoms with Crippen LogP contribution in [0, 0.1) is 5.92 Å². The Hall–Kier alpha value is -1.67. The van der Waals surface area contributed by atoms with Gasteiger partial charge in [-0.1, -0.05) is 25.2 Å². The quantitative estimate of drug-likeness (QED) is 0.844. The number of nitrogens with zero attached hydrogens (tertiary/aromatic N) is 2. The summed E-state index contributed by atoms with van der Waals surface area (Å²) in [5, 5.41) is 12.7. The summed E-state index contributed by atoms with van der Waals surface area (Å²) in [5.41, 5.74) is 0. The summed E-state index contributed by atoms with van der Waals surface area (Å²) in [4.78, 5) is 31.1. The molecule has 0 unspecified atom stereocenters. The molecule has 22 heavy (non-hydrogen) atoms. The van der Waals surface area contributed by atoms with Gasteiger partial charge in [-0.2, -0.15) is 0 Å². The number of anilines is 1. The number of carbonyl (C=O) groups excluding carboxylic acids is 1. The first-order chi connectivity index (χ1) is 10.3. The predicted molar refractivity (Wildman–Crippen MR) is 90.2 cm³/mol. The van der Waals surface area contributed by atoms with E-state index in [0.29, 0.717) is 11.3 Å². The van der Waals surface area contributed by atoms with Gasteiger partial charge in [0, 0.05) is 14.1 Å². The minimum atomic E-state index is -1.01. The number of hydrogen-bond donors (Lipinski definition) is 2. The molecule has 0 aromatic carbocycles. The zero-order chi connectivity index (χ0) is 16.4. The van der Waals surface area contributed by atoms with Crippen molar-refractivity contribution >= 4 is 49.2 Å². The summed E-state index contributed by atoms with van der Waals surface area (Å²) in [6, 6.07) is 0.909. The monoisotopic (exact) mass is 341 g/mol. The molecule has 0 saturated heterocycles. The van der Waals surface area contributed by atoms with Crippen LogP contribution in [0.25, 0.3) is 9.53 Å². The Balaban J connectivity index is 2.14. The molecule has 120 valence electrons. The van der Waals surface area contributed by atoms with Crippen molar-refractivity contribution in [2.24, 2.45) is 5.92 Å². The van der Waals surface area contributed by atoms with Gasteiger partial charge in [-0.3, -0.25) is 4.79 Å². The van der Waals surface area contributed by atoms with E-state index in [4.69, 9.17) is 0 Å².